The minimum atomic E-state index is -3.00. The quantitative estimate of drug-likeness (QED) is 0.884. The van der Waals surface area contributed by atoms with Crippen molar-refractivity contribution in [1.29, 1.82) is 0 Å². The SMILES string of the molecule is O=C(NC1CCS(=O)(=O)C1)c1c(-n2cccc2)sc2c1CCSC2. The van der Waals surface area contributed by atoms with Crippen LogP contribution >= 0.6 is 23.1 Å². The third-order valence-corrected chi connectivity index (χ3v) is 8.62. The Labute approximate surface area is 149 Å². The number of thiophene rings is 1. The molecule has 8 heteroatoms. The second-order valence-corrected chi connectivity index (χ2v) is 10.6. The van der Waals surface area contributed by atoms with Gasteiger partial charge in [-0.1, -0.05) is 0 Å². The number of hydrogen-bond acceptors (Lipinski definition) is 5. The summed E-state index contributed by atoms with van der Waals surface area (Å²) in [5.41, 5.74) is 1.87. The molecule has 1 saturated heterocycles. The molecule has 0 aromatic carbocycles. The topological polar surface area (TPSA) is 68.2 Å². The number of rotatable bonds is 3. The number of carbonyl (C=O) groups is 1. The van der Waals surface area contributed by atoms with Crippen LogP contribution in [0.25, 0.3) is 5.00 Å². The fourth-order valence-corrected chi connectivity index (χ4v) is 7.39. The lowest BCUT2D eigenvalue weighted by Gasteiger charge is -2.15. The van der Waals surface area contributed by atoms with Crippen LogP contribution in [-0.2, 0) is 22.0 Å². The van der Waals surface area contributed by atoms with Gasteiger partial charge in [-0.15, -0.1) is 11.3 Å². The van der Waals surface area contributed by atoms with Crippen molar-refractivity contribution in [1.82, 2.24) is 9.88 Å². The Morgan fingerprint density at radius 1 is 1.29 bits per heavy atom. The molecule has 1 atom stereocenters. The minimum Gasteiger partial charge on any atom is -0.348 e. The number of carbonyl (C=O) groups excluding carboxylic acids is 1. The van der Waals surface area contributed by atoms with Gasteiger partial charge in [0, 0.05) is 29.1 Å². The van der Waals surface area contributed by atoms with Gasteiger partial charge < -0.3 is 9.88 Å². The highest BCUT2D eigenvalue weighted by Gasteiger charge is 2.32. The molecule has 1 unspecified atom stereocenters. The van der Waals surface area contributed by atoms with Crippen LogP contribution < -0.4 is 5.32 Å². The Kier molecular flexibility index (Phi) is 4.22. The summed E-state index contributed by atoms with van der Waals surface area (Å²) >= 11 is 3.56. The fourth-order valence-electron chi connectivity index (χ4n) is 3.27. The highest BCUT2D eigenvalue weighted by molar-refractivity contribution is 7.98. The largest absolute Gasteiger partial charge is 0.348 e. The molecule has 2 aliphatic rings. The molecule has 1 N–H and O–H groups in total. The Morgan fingerprint density at radius 3 is 2.79 bits per heavy atom. The van der Waals surface area contributed by atoms with Crippen LogP contribution in [0.3, 0.4) is 0 Å². The number of nitrogens with zero attached hydrogens (tertiary/aromatic N) is 1. The van der Waals surface area contributed by atoms with Crippen molar-refractivity contribution in [2.45, 2.75) is 24.6 Å². The molecule has 1 fully saturated rings. The number of fused-ring (bicyclic) bond motifs is 1. The molecular weight excluding hydrogens is 364 g/mol. The molecule has 128 valence electrons. The average Bonchev–Trinajstić information content (AvgIpc) is 3.24. The molecule has 4 rings (SSSR count). The van der Waals surface area contributed by atoms with Gasteiger partial charge >= 0.3 is 0 Å². The van der Waals surface area contributed by atoms with Gasteiger partial charge in [-0.05, 0) is 36.3 Å². The van der Waals surface area contributed by atoms with Crippen LogP contribution in [0.2, 0.25) is 0 Å². The molecule has 2 aromatic heterocycles. The van der Waals surface area contributed by atoms with Crippen molar-refractivity contribution in [3.63, 3.8) is 0 Å². The van der Waals surface area contributed by atoms with E-state index in [-0.39, 0.29) is 23.5 Å². The molecule has 0 saturated carbocycles. The first-order valence-electron chi connectivity index (χ1n) is 7.90. The number of aromatic nitrogens is 1. The van der Waals surface area contributed by atoms with Gasteiger partial charge in [0.25, 0.3) is 5.91 Å². The van der Waals surface area contributed by atoms with E-state index in [9.17, 15) is 13.2 Å². The summed E-state index contributed by atoms with van der Waals surface area (Å²) in [6, 6.07) is 3.62. The summed E-state index contributed by atoms with van der Waals surface area (Å²) in [6.07, 6.45) is 5.29. The second kappa shape index (κ2) is 6.24. The standard InChI is InChI=1S/C16H18N2O3S3/c19-15(17-11-4-8-24(20,21)10-11)14-12-3-7-22-9-13(12)23-16(14)18-5-1-2-6-18/h1-2,5-6,11H,3-4,7-10H2,(H,17,19). The van der Waals surface area contributed by atoms with Crippen LogP contribution in [0.4, 0.5) is 0 Å². The number of nitrogens with one attached hydrogen (secondary N) is 1. The molecule has 2 aromatic rings. The summed E-state index contributed by atoms with van der Waals surface area (Å²) in [7, 11) is -3.00. The van der Waals surface area contributed by atoms with Gasteiger partial charge in [-0.25, -0.2) is 8.42 Å². The Balaban J connectivity index is 1.68. The summed E-state index contributed by atoms with van der Waals surface area (Å²) in [6.45, 7) is 0. The normalized spacial score (nSPS) is 22.2. The maximum absolute atomic E-state index is 12.9. The number of amides is 1. The van der Waals surface area contributed by atoms with E-state index >= 15 is 0 Å². The molecule has 4 heterocycles. The monoisotopic (exact) mass is 382 g/mol. The van der Waals surface area contributed by atoms with Gasteiger partial charge in [-0.2, -0.15) is 11.8 Å². The minimum absolute atomic E-state index is 0.0553. The first-order valence-corrected chi connectivity index (χ1v) is 11.7. The molecule has 2 aliphatic heterocycles. The number of sulfone groups is 1. The van der Waals surface area contributed by atoms with E-state index in [2.05, 4.69) is 5.32 Å². The lowest BCUT2D eigenvalue weighted by molar-refractivity contribution is 0.0940. The lowest BCUT2D eigenvalue weighted by Crippen LogP contribution is -2.36. The summed E-state index contributed by atoms with van der Waals surface area (Å²) in [5.74, 6) is 2.05. The Hall–Kier alpha value is -1.25. The zero-order chi connectivity index (χ0) is 16.7. The third-order valence-electron chi connectivity index (χ3n) is 4.44. The van der Waals surface area contributed by atoms with Crippen LogP contribution in [0.1, 0.15) is 27.2 Å². The van der Waals surface area contributed by atoms with Crippen molar-refractivity contribution in [2.75, 3.05) is 17.3 Å². The lowest BCUT2D eigenvalue weighted by atomic mass is 10.1. The maximum Gasteiger partial charge on any atom is 0.254 e. The summed E-state index contributed by atoms with van der Waals surface area (Å²) < 4.78 is 25.3. The number of thioether (sulfide) groups is 1. The predicted molar refractivity (Wildman–Crippen MR) is 98.0 cm³/mol. The molecular formula is C16H18N2O3S3. The van der Waals surface area contributed by atoms with Crippen molar-refractivity contribution >= 4 is 38.8 Å². The van der Waals surface area contributed by atoms with Crippen LogP contribution in [-0.4, -0.2) is 42.2 Å². The Bertz CT molecular complexity index is 869. The van der Waals surface area contributed by atoms with Gasteiger partial charge in [0.1, 0.15) is 5.00 Å². The molecule has 1 amide bonds. The highest BCUT2D eigenvalue weighted by Crippen LogP contribution is 2.38. The van der Waals surface area contributed by atoms with Crippen molar-refractivity contribution in [2.24, 2.45) is 0 Å². The highest BCUT2D eigenvalue weighted by atomic mass is 32.2. The summed E-state index contributed by atoms with van der Waals surface area (Å²) in [4.78, 5) is 14.2. The van der Waals surface area contributed by atoms with Crippen molar-refractivity contribution in [3.8, 4) is 5.00 Å². The van der Waals surface area contributed by atoms with E-state index in [4.69, 9.17) is 0 Å². The first-order chi connectivity index (χ1) is 11.5. The van der Waals surface area contributed by atoms with Crippen molar-refractivity contribution in [3.05, 3.63) is 40.5 Å². The third kappa shape index (κ3) is 3.02. The van der Waals surface area contributed by atoms with E-state index in [0.29, 0.717) is 6.42 Å². The van der Waals surface area contributed by atoms with E-state index < -0.39 is 9.84 Å². The fraction of sp³-hybridized carbons (Fsp3) is 0.438. The molecule has 0 radical (unpaired) electrons. The zero-order valence-electron chi connectivity index (χ0n) is 13.0. The van der Waals surface area contributed by atoms with E-state index in [1.165, 1.54) is 4.88 Å². The summed E-state index contributed by atoms with van der Waals surface area (Å²) in [5, 5.41) is 3.89. The molecule has 0 bridgehead atoms. The molecule has 0 aliphatic carbocycles. The average molecular weight is 383 g/mol. The van der Waals surface area contributed by atoms with Gasteiger partial charge in [0.05, 0.1) is 17.1 Å². The maximum atomic E-state index is 12.9. The van der Waals surface area contributed by atoms with Crippen LogP contribution in [0.5, 0.6) is 0 Å². The molecule has 0 spiro atoms. The van der Waals surface area contributed by atoms with Gasteiger partial charge in [-0.3, -0.25) is 4.79 Å². The zero-order valence-corrected chi connectivity index (χ0v) is 15.5. The van der Waals surface area contributed by atoms with Gasteiger partial charge in [0.2, 0.25) is 0 Å². The van der Waals surface area contributed by atoms with E-state index in [1.807, 2.05) is 40.9 Å². The number of hydrogen-bond donors (Lipinski definition) is 1. The molecule has 24 heavy (non-hydrogen) atoms. The second-order valence-electron chi connectivity index (χ2n) is 6.15. The predicted octanol–water partition coefficient (Wildman–Crippen LogP) is 2.25. The van der Waals surface area contributed by atoms with Crippen LogP contribution in [0.15, 0.2) is 24.5 Å². The van der Waals surface area contributed by atoms with E-state index in [0.717, 1.165) is 34.1 Å². The molecule has 5 nitrogen and oxygen atoms in total. The Morgan fingerprint density at radius 2 is 2.08 bits per heavy atom. The van der Waals surface area contributed by atoms with E-state index in [1.54, 1.807) is 11.3 Å². The van der Waals surface area contributed by atoms with Crippen LogP contribution in [0, 0.1) is 0 Å². The first kappa shape index (κ1) is 16.2. The smallest absolute Gasteiger partial charge is 0.254 e. The van der Waals surface area contributed by atoms with Crippen molar-refractivity contribution < 1.29 is 13.2 Å². The van der Waals surface area contributed by atoms with Gasteiger partial charge in [0.15, 0.2) is 9.84 Å².